The van der Waals surface area contributed by atoms with Gasteiger partial charge in [-0.2, -0.15) is 0 Å². The third-order valence-electron chi connectivity index (χ3n) is 8.53. The fourth-order valence-electron chi connectivity index (χ4n) is 6.41. The largest absolute Gasteiger partial charge is 0.454 e. The van der Waals surface area contributed by atoms with Crippen molar-refractivity contribution in [2.75, 3.05) is 0 Å². The molecular weight excluding hydrogens is 552 g/mol. The summed E-state index contributed by atoms with van der Waals surface area (Å²) in [7, 11) is 0. The Kier molecular flexibility index (Phi) is 5.81. The molecule has 1 N–H and O–H groups in total. The molecule has 0 spiro atoms. The summed E-state index contributed by atoms with van der Waals surface area (Å²) in [6.45, 7) is 0. The van der Waals surface area contributed by atoms with Crippen LogP contribution in [0.5, 0.6) is 0 Å². The molecule has 0 fully saturated rings. The Balaban J connectivity index is 1.24. The van der Waals surface area contributed by atoms with E-state index in [1.807, 2.05) is 60.7 Å². The monoisotopic (exact) mass is 578 g/mol. The van der Waals surface area contributed by atoms with Crippen LogP contribution in [0.25, 0.3) is 54.9 Å². The second-order valence-corrected chi connectivity index (χ2v) is 11.3. The fraction of sp³-hybridized carbons (Fsp3) is 0.0250. The third-order valence-corrected chi connectivity index (χ3v) is 8.53. The van der Waals surface area contributed by atoms with Gasteiger partial charge in [0.05, 0.1) is 10.9 Å². The van der Waals surface area contributed by atoms with Gasteiger partial charge in [-0.1, -0.05) is 127 Å². The number of para-hydroxylation sites is 1. The molecule has 0 bridgehead atoms. The van der Waals surface area contributed by atoms with Gasteiger partial charge < -0.3 is 9.73 Å². The van der Waals surface area contributed by atoms with E-state index >= 15 is 0 Å². The Hall–Kier alpha value is -6.07. The minimum Gasteiger partial charge on any atom is -0.454 e. The number of pyridine rings is 1. The summed E-state index contributed by atoms with van der Waals surface area (Å²) in [5, 5.41) is 7.95. The predicted molar refractivity (Wildman–Crippen MR) is 184 cm³/mol. The molecule has 2 aromatic heterocycles. The van der Waals surface area contributed by atoms with Crippen molar-refractivity contribution < 1.29 is 4.42 Å². The minimum absolute atomic E-state index is 0.265. The van der Waals surface area contributed by atoms with E-state index in [0.717, 1.165) is 77.4 Å². The van der Waals surface area contributed by atoms with Crippen LogP contribution >= 0.6 is 0 Å². The molecule has 0 saturated carbocycles. The van der Waals surface area contributed by atoms with E-state index < -0.39 is 0 Å². The van der Waals surface area contributed by atoms with Gasteiger partial charge in [-0.3, -0.25) is 0 Å². The molecule has 0 radical (unpaired) electrons. The van der Waals surface area contributed by atoms with Crippen LogP contribution in [0, 0.1) is 0 Å². The maximum absolute atomic E-state index is 6.36. The Morgan fingerprint density at radius 2 is 1.29 bits per heavy atom. The van der Waals surface area contributed by atoms with Crippen LogP contribution in [-0.4, -0.2) is 16.7 Å². The van der Waals surface area contributed by atoms with E-state index in [0.29, 0.717) is 5.84 Å². The number of hydrogen-bond donors (Lipinski definition) is 1. The number of aliphatic imine (C=N–C) groups is 2. The summed E-state index contributed by atoms with van der Waals surface area (Å²) < 4.78 is 6.36. The Morgan fingerprint density at radius 3 is 2.13 bits per heavy atom. The molecule has 1 aliphatic heterocycles. The molecule has 1 unspecified atom stereocenters. The Morgan fingerprint density at radius 1 is 0.578 bits per heavy atom. The Bertz CT molecular complexity index is 2460. The van der Waals surface area contributed by atoms with Gasteiger partial charge in [-0.25, -0.2) is 15.0 Å². The lowest BCUT2D eigenvalue weighted by Gasteiger charge is -2.24. The summed E-state index contributed by atoms with van der Waals surface area (Å²) in [4.78, 5) is 15.2. The fourth-order valence-corrected chi connectivity index (χ4v) is 6.41. The zero-order chi connectivity index (χ0) is 29.7. The molecule has 45 heavy (non-hydrogen) atoms. The number of benzene rings is 6. The molecule has 6 aromatic carbocycles. The van der Waals surface area contributed by atoms with Gasteiger partial charge in [0, 0.05) is 16.5 Å². The van der Waals surface area contributed by atoms with Crippen LogP contribution in [0.3, 0.4) is 0 Å². The molecule has 0 aliphatic carbocycles. The van der Waals surface area contributed by atoms with Crippen molar-refractivity contribution in [1.82, 2.24) is 10.3 Å². The lowest BCUT2D eigenvalue weighted by atomic mass is 9.92. The van der Waals surface area contributed by atoms with Gasteiger partial charge in [0.2, 0.25) is 0 Å². The van der Waals surface area contributed by atoms with E-state index in [2.05, 4.69) is 90.2 Å². The molecule has 9 rings (SSSR count). The average molecular weight is 579 g/mol. The number of furan rings is 1. The maximum atomic E-state index is 6.36. The van der Waals surface area contributed by atoms with E-state index in [1.54, 1.807) is 0 Å². The van der Waals surface area contributed by atoms with Crippen molar-refractivity contribution in [3.05, 3.63) is 162 Å². The van der Waals surface area contributed by atoms with Crippen LogP contribution in [0.15, 0.2) is 160 Å². The summed E-state index contributed by atoms with van der Waals surface area (Å²) in [6.07, 6.45) is -0.265. The van der Waals surface area contributed by atoms with Crippen LogP contribution in [0.4, 0.5) is 0 Å². The number of hydrogen-bond acceptors (Lipinski definition) is 5. The van der Waals surface area contributed by atoms with Gasteiger partial charge in [0.1, 0.15) is 23.1 Å². The van der Waals surface area contributed by atoms with Crippen LogP contribution in [0.2, 0.25) is 0 Å². The lowest BCUT2D eigenvalue weighted by Crippen LogP contribution is -2.33. The minimum atomic E-state index is -0.265. The van der Waals surface area contributed by atoms with Crippen molar-refractivity contribution in [2.24, 2.45) is 9.98 Å². The van der Waals surface area contributed by atoms with Crippen molar-refractivity contribution in [2.45, 2.75) is 6.17 Å². The molecule has 0 saturated heterocycles. The highest BCUT2D eigenvalue weighted by molar-refractivity contribution is 6.21. The number of nitrogens with one attached hydrogen (secondary N) is 1. The zero-order valence-electron chi connectivity index (χ0n) is 24.2. The van der Waals surface area contributed by atoms with Crippen molar-refractivity contribution >= 4 is 55.4 Å². The number of fused-ring (bicyclic) bond motifs is 5. The van der Waals surface area contributed by atoms with Gasteiger partial charge in [0.15, 0.2) is 11.4 Å². The lowest BCUT2D eigenvalue weighted by molar-refractivity contribution is 0.669. The molecule has 1 aliphatic rings. The standard InChI is InChI=1S/C40H26N4O/c1-3-12-25(13-4-1)38-42-39(26-14-5-2-6-15-26)44-40(43-38)32-23-22-30(28-17-8-9-18-29(28)32)31-19-11-21-34-36(31)37-35(45-34)24-27-16-7-10-20-33(27)41-37/h1-24,38H,(H,42,43,44). The molecular formula is C40H26N4O. The normalized spacial score (nSPS) is 14.9. The second kappa shape index (κ2) is 10.3. The van der Waals surface area contributed by atoms with Gasteiger partial charge in [-0.15, -0.1) is 0 Å². The molecule has 8 aromatic rings. The van der Waals surface area contributed by atoms with Crippen LogP contribution in [-0.2, 0) is 0 Å². The van der Waals surface area contributed by atoms with E-state index in [1.165, 1.54) is 0 Å². The maximum Gasteiger partial charge on any atom is 0.159 e. The number of rotatable bonds is 4. The first-order valence-corrected chi connectivity index (χ1v) is 15.1. The summed E-state index contributed by atoms with van der Waals surface area (Å²) in [5.74, 6) is 1.50. The third kappa shape index (κ3) is 4.28. The molecule has 1 atom stereocenters. The first-order chi connectivity index (χ1) is 22.3. The van der Waals surface area contributed by atoms with Gasteiger partial charge in [-0.05, 0) is 45.7 Å². The molecule has 5 heteroatoms. The quantitative estimate of drug-likeness (QED) is 0.226. The van der Waals surface area contributed by atoms with Crippen molar-refractivity contribution in [3.8, 4) is 11.1 Å². The van der Waals surface area contributed by atoms with Gasteiger partial charge >= 0.3 is 0 Å². The SMILES string of the molecule is c1ccc(C2=NC(c3ccccc3)NC(c3ccc(-c4cccc5oc6cc7ccccc7nc6c45)c4ccccc34)=N2)cc1. The average Bonchev–Trinajstić information content (AvgIpc) is 3.48. The van der Waals surface area contributed by atoms with Crippen molar-refractivity contribution in [3.63, 3.8) is 0 Å². The molecule has 0 amide bonds. The smallest absolute Gasteiger partial charge is 0.159 e. The number of nitrogens with zero attached hydrogens (tertiary/aromatic N) is 3. The van der Waals surface area contributed by atoms with Gasteiger partial charge in [0.25, 0.3) is 0 Å². The zero-order valence-corrected chi connectivity index (χ0v) is 24.2. The highest BCUT2D eigenvalue weighted by Crippen LogP contribution is 2.40. The predicted octanol–water partition coefficient (Wildman–Crippen LogP) is 9.45. The number of amidine groups is 2. The van der Waals surface area contributed by atoms with Crippen LogP contribution in [0.1, 0.15) is 22.9 Å². The number of aromatic nitrogens is 1. The topological polar surface area (TPSA) is 62.8 Å². The Labute approximate surface area is 259 Å². The molecule has 3 heterocycles. The first kappa shape index (κ1) is 25.4. The second-order valence-electron chi connectivity index (χ2n) is 11.3. The van der Waals surface area contributed by atoms with E-state index in [-0.39, 0.29) is 6.17 Å². The highest BCUT2D eigenvalue weighted by Gasteiger charge is 2.23. The van der Waals surface area contributed by atoms with Crippen LogP contribution < -0.4 is 5.32 Å². The molecule has 212 valence electrons. The van der Waals surface area contributed by atoms with E-state index in [4.69, 9.17) is 19.4 Å². The first-order valence-electron chi connectivity index (χ1n) is 15.1. The van der Waals surface area contributed by atoms with Crippen molar-refractivity contribution in [1.29, 1.82) is 0 Å². The summed E-state index contributed by atoms with van der Waals surface area (Å²) in [5.41, 5.74) is 8.73. The molecule has 5 nitrogen and oxygen atoms in total. The summed E-state index contributed by atoms with van der Waals surface area (Å²) in [6, 6.07) is 49.9. The van der Waals surface area contributed by atoms with E-state index in [9.17, 15) is 0 Å². The highest BCUT2D eigenvalue weighted by atomic mass is 16.3. The summed E-state index contributed by atoms with van der Waals surface area (Å²) >= 11 is 0.